The second-order valence-corrected chi connectivity index (χ2v) is 4.25. The molecule has 1 aromatic heterocycles. The molecule has 0 radical (unpaired) electrons. The molecule has 0 spiro atoms. The Morgan fingerprint density at radius 1 is 1.59 bits per heavy atom. The van der Waals surface area contributed by atoms with Crippen molar-refractivity contribution < 1.29 is 9.53 Å². The highest BCUT2D eigenvalue weighted by Gasteiger charge is 2.18. The number of carbonyl (C=O) groups excluding carboxylic acids is 1. The minimum absolute atomic E-state index is 0.0823. The van der Waals surface area contributed by atoms with E-state index < -0.39 is 0 Å². The van der Waals surface area contributed by atoms with Crippen molar-refractivity contribution in [1.82, 2.24) is 20.8 Å². The fourth-order valence-corrected chi connectivity index (χ4v) is 1.94. The monoisotopic (exact) mass is 238 g/mol. The van der Waals surface area contributed by atoms with Crippen molar-refractivity contribution in [1.29, 1.82) is 0 Å². The smallest absolute Gasteiger partial charge is 0.255 e. The highest BCUT2D eigenvalue weighted by Crippen LogP contribution is 2.08. The van der Waals surface area contributed by atoms with Crippen molar-refractivity contribution in [2.24, 2.45) is 0 Å². The van der Waals surface area contributed by atoms with Crippen LogP contribution in [0.4, 0.5) is 0 Å². The van der Waals surface area contributed by atoms with E-state index >= 15 is 0 Å². The molecule has 0 aliphatic carbocycles. The first-order valence-electron chi connectivity index (χ1n) is 5.79. The van der Waals surface area contributed by atoms with Crippen LogP contribution in [-0.4, -0.2) is 48.4 Å². The lowest BCUT2D eigenvalue weighted by atomic mass is 10.2. The summed E-state index contributed by atoms with van der Waals surface area (Å²) in [5, 5.41) is 13.0. The Balaban J connectivity index is 1.89. The normalized spacial score (nSPS) is 20.2. The van der Waals surface area contributed by atoms with Gasteiger partial charge in [0.05, 0.1) is 24.5 Å². The molecule has 2 heterocycles. The van der Waals surface area contributed by atoms with Gasteiger partial charge in [-0.2, -0.15) is 5.10 Å². The van der Waals surface area contributed by atoms with E-state index in [9.17, 15) is 4.79 Å². The molecule has 1 aromatic rings. The minimum atomic E-state index is -0.0823. The fraction of sp³-hybridized carbons (Fsp3) is 0.636. The Morgan fingerprint density at radius 3 is 3.00 bits per heavy atom. The maximum atomic E-state index is 12.0. The average Bonchev–Trinajstić information content (AvgIpc) is 2.67. The van der Waals surface area contributed by atoms with Gasteiger partial charge in [0.2, 0.25) is 0 Å². The number of carbonyl (C=O) groups is 1. The van der Waals surface area contributed by atoms with Gasteiger partial charge in [-0.15, -0.1) is 0 Å². The second-order valence-electron chi connectivity index (χ2n) is 4.25. The SMILES string of the molecule is Cc1n[nH]c(C)c1C(=O)NCC1COCCN1. The number of nitrogens with one attached hydrogen (secondary N) is 3. The van der Waals surface area contributed by atoms with Gasteiger partial charge in [-0.05, 0) is 13.8 Å². The predicted octanol–water partition coefficient (Wildman–Crippen LogP) is -0.255. The summed E-state index contributed by atoms with van der Waals surface area (Å²) >= 11 is 0. The van der Waals surface area contributed by atoms with E-state index in [1.807, 2.05) is 13.8 Å². The van der Waals surface area contributed by atoms with Crippen LogP contribution in [0.3, 0.4) is 0 Å². The molecule has 6 nitrogen and oxygen atoms in total. The van der Waals surface area contributed by atoms with E-state index in [0.29, 0.717) is 18.7 Å². The summed E-state index contributed by atoms with van der Waals surface area (Å²) in [7, 11) is 0. The van der Waals surface area contributed by atoms with Crippen LogP contribution in [0.15, 0.2) is 0 Å². The summed E-state index contributed by atoms with van der Waals surface area (Å²) in [6.45, 7) is 6.46. The van der Waals surface area contributed by atoms with Crippen LogP contribution < -0.4 is 10.6 Å². The number of rotatable bonds is 3. The van der Waals surface area contributed by atoms with Crippen LogP contribution in [0.1, 0.15) is 21.7 Å². The Bertz CT molecular complexity index is 377. The van der Waals surface area contributed by atoms with Gasteiger partial charge in [-0.3, -0.25) is 9.89 Å². The van der Waals surface area contributed by atoms with E-state index in [4.69, 9.17) is 4.74 Å². The zero-order valence-electron chi connectivity index (χ0n) is 10.2. The van der Waals surface area contributed by atoms with Crippen LogP contribution in [0.25, 0.3) is 0 Å². The third kappa shape index (κ3) is 2.83. The first-order chi connectivity index (χ1) is 8.18. The Kier molecular flexibility index (Phi) is 3.75. The number of hydrogen-bond acceptors (Lipinski definition) is 4. The lowest BCUT2D eigenvalue weighted by Crippen LogP contribution is -2.48. The molecule has 2 rings (SSSR count). The summed E-state index contributed by atoms with van der Waals surface area (Å²) in [4.78, 5) is 12.0. The summed E-state index contributed by atoms with van der Waals surface area (Å²) < 4.78 is 5.32. The van der Waals surface area contributed by atoms with Crippen molar-refractivity contribution in [2.75, 3.05) is 26.3 Å². The molecule has 94 valence electrons. The van der Waals surface area contributed by atoms with Crippen LogP contribution in [0.2, 0.25) is 0 Å². The molecule has 6 heteroatoms. The Labute approximate surface area is 100 Å². The van der Waals surface area contributed by atoms with E-state index in [2.05, 4.69) is 20.8 Å². The van der Waals surface area contributed by atoms with Gasteiger partial charge in [0.25, 0.3) is 5.91 Å². The molecule has 1 amide bonds. The highest BCUT2D eigenvalue weighted by atomic mass is 16.5. The maximum Gasteiger partial charge on any atom is 0.255 e. The molecule has 1 unspecified atom stereocenters. The quantitative estimate of drug-likeness (QED) is 0.678. The van der Waals surface area contributed by atoms with Crippen molar-refractivity contribution in [3.8, 4) is 0 Å². The molecule has 0 bridgehead atoms. The van der Waals surface area contributed by atoms with Crippen LogP contribution in [0.5, 0.6) is 0 Å². The third-order valence-electron chi connectivity index (χ3n) is 2.86. The molecule has 3 N–H and O–H groups in total. The van der Waals surface area contributed by atoms with Crippen LogP contribution in [0, 0.1) is 13.8 Å². The molecular weight excluding hydrogens is 220 g/mol. The van der Waals surface area contributed by atoms with Gasteiger partial charge in [-0.25, -0.2) is 0 Å². The number of morpholine rings is 1. The van der Waals surface area contributed by atoms with Crippen molar-refractivity contribution >= 4 is 5.91 Å². The molecule has 1 aliphatic heterocycles. The topological polar surface area (TPSA) is 79.0 Å². The molecule has 0 saturated carbocycles. The van der Waals surface area contributed by atoms with Crippen molar-refractivity contribution in [3.63, 3.8) is 0 Å². The number of nitrogens with zero attached hydrogens (tertiary/aromatic N) is 1. The highest BCUT2D eigenvalue weighted by molar-refractivity contribution is 5.96. The Morgan fingerprint density at radius 2 is 2.41 bits per heavy atom. The maximum absolute atomic E-state index is 12.0. The number of aryl methyl sites for hydroxylation is 2. The van der Waals surface area contributed by atoms with Crippen molar-refractivity contribution in [3.05, 3.63) is 17.0 Å². The largest absolute Gasteiger partial charge is 0.378 e. The first kappa shape index (κ1) is 12.1. The molecule has 1 atom stereocenters. The molecule has 17 heavy (non-hydrogen) atoms. The number of H-pyrrole nitrogens is 1. The average molecular weight is 238 g/mol. The number of aromatic nitrogens is 2. The van der Waals surface area contributed by atoms with Crippen LogP contribution in [-0.2, 0) is 4.74 Å². The van der Waals surface area contributed by atoms with E-state index in [1.165, 1.54) is 0 Å². The lowest BCUT2D eigenvalue weighted by Gasteiger charge is -2.23. The summed E-state index contributed by atoms with van der Waals surface area (Å²) in [6, 6.07) is 0.195. The molecule has 1 fully saturated rings. The molecular formula is C11H18N4O2. The number of amides is 1. The van der Waals surface area contributed by atoms with Gasteiger partial charge in [0.15, 0.2) is 0 Å². The van der Waals surface area contributed by atoms with E-state index in [0.717, 1.165) is 24.5 Å². The zero-order chi connectivity index (χ0) is 12.3. The lowest BCUT2D eigenvalue weighted by molar-refractivity contribution is 0.0734. The van der Waals surface area contributed by atoms with Gasteiger partial charge in [0, 0.05) is 24.8 Å². The summed E-state index contributed by atoms with van der Waals surface area (Å²) in [5.74, 6) is -0.0823. The number of hydrogen-bond donors (Lipinski definition) is 3. The minimum Gasteiger partial charge on any atom is -0.378 e. The third-order valence-corrected chi connectivity index (χ3v) is 2.86. The van der Waals surface area contributed by atoms with Crippen LogP contribution >= 0.6 is 0 Å². The van der Waals surface area contributed by atoms with Gasteiger partial charge in [-0.1, -0.05) is 0 Å². The van der Waals surface area contributed by atoms with Gasteiger partial charge >= 0.3 is 0 Å². The molecule has 1 saturated heterocycles. The zero-order valence-corrected chi connectivity index (χ0v) is 10.2. The molecule has 0 aromatic carbocycles. The second kappa shape index (κ2) is 5.29. The molecule has 1 aliphatic rings. The Hall–Kier alpha value is -1.40. The predicted molar refractivity (Wildman–Crippen MR) is 63.0 cm³/mol. The van der Waals surface area contributed by atoms with Gasteiger partial charge < -0.3 is 15.4 Å². The summed E-state index contributed by atoms with van der Waals surface area (Å²) in [6.07, 6.45) is 0. The number of aromatic amines is 1. The first-order valence-corrected chi connectivity index (χ1v) is 5.79. The van der Waals surface area contributed by atoms with Gasteiger partial charge in [0.1, 0.15) is 0 Å². The standard InChI is InChI=1S/C11H18N4O2/c1-7-10(8(2)15-14-7)11(16)13-5-9-6-17-4-3-12-9/h9,12H,3-6H2,1-2H3,(H,13,16)(H,14,15). The van der Waals surface area contributed by atoms with E-state index in [1.54, 1.807) is 0 Å². The van der Waals surface area contributed by atoms with E-state index in [-0.39, 0.29) is 11.9 Å². The van der Waals surface area contributed by atoms with Crippen molar-refractivity contribution in [2.45, 2.75) is 19.9 Å². The fourth-order valence-electron chi connectivity index (χ4n) is 1.94. The number of ether oxygens (including phenoxy) is 1. The summed E-state index contributed by atoms with van der Waals surface area (Å²) in [5.41, 5.74) is 2.17.